The second-order valence-electron chi connectivity index (χ2n) is 3.84. The molecule has 6 nitrogen and oxygen atoms in total. The number of benzene rings is 1. The van der Waals surface area contributed by atoms with Crippen LogP contribution in [0.15, 0.2) is 29.4 Å². The van der Waals surface area contributed by atoms with Gasteiger partial charge in [0.1, 0.15) is 5.82 Å². The zero-order valence-electron chi connectivity index (χ0n) is 10.4. The highest BCUT2D eigenvalue weighted by molar-refractivity contribution is 8.00. The second kappa shape index (κ2) is 5.79. The van der Waals surface area contributed by atoms with Crippen LogP contribution in [-0.2, 0) is 11.8 Å². The molecule has 2 aromatic rings. The Morgan fingerprint density at radius 1 is 1.42 bits per heavy atom. The fourth-order valence-electron chi connectivity index (χ4n) is 1.31. The van der Waals surface area contributed by atoms with Crippen molar-refractivity contribution in [1.29, 1.82) is 0 Å². The molecule has 0 aliphatic heterocycles. The van der Waals surface area contributed by atoms with E-state index in [1.807, 2.05) is 0 Å². The average molecular weight is 281 g/mol. The Bertz CT molecular complexity index is 571. The highest BCUT2D eigenvalue weighted by Gasteiger charge is 2.17. The van der Waals surface area contributed by atoms with Crippen LogP contribution >= 0.6 is 11.8 Å². The molecule has 0 radical (unpaired) electrons. The number of thioether (sulfide) groups is 1. The summed E-state index contributed by atoms with van der Waals surface area (Å²) in [6, 6.07) is 5.60. The third-order valence-electron chi connectivity index (χ3n) is 2.34. The number of aryl methyl sites for hydroxylation is 1. The summed E-state index contributed by atoms with van der Waals surface area (Å²) in [6.07, 6.45) is 0. The topological polar surface area (TPSA) is 72.7 Å². The summed E-state index contributed by atoms with van der Waals surface area (Å²) < 4.78 is 14.2. The van der Waals surface area contributed by atoms with Gasteiger partial charge in [-0.05, 0) is 41.6 Å². The number of halogens is 1. The summed E-state index contributed by atoms with van der Waals surface area (Å²) in [5.41, 5.74) is 0.551. The minimum atomic E-state index is -0.366. The van der Waals surface area contributed by atoms with Crippen LogP contribution in [0.4, 0.5) is 10.1 Å². The van der Waals surface area contributed by atoms with Gasteiger partial charge in [0.25, 0.3) is 0 Å². The Morgan fingerprint density at radius 2 is 2.11 bits per heavy atom. The van der Waals surface area contributed by atoms with Crippen molar-refractivity contribution in [2.75, 3.05) is 5.32 Å². The number of anilines is 1. The van der Waals surface area contributed by atoms with Gasteiger partial charge in [-0.25, -0.2) is 9.07 Å². The number of nitrogens with zero attached hydrogens (tertiary/aromatic N) is 4. The van der Waals surface area contributed by atoms with Gasteiger partial charge in [-0.1, -0.05) is 11.8 Å². The molecule has 0 fully saturated rings. The van der Waals surface area contributed by atoms with E-state index < -0.39 is 0 Å². The molecule has 1 heterocycles. The van der Waals surface area contributed by atoms with Crippen LogP contribution in [0.1, 0.15) is 6.92 Å². The van der Waals surface area contributed by atoms with E-state index in [0.29, 0.717) is 10.8 Å². The molecule has 1 atom stereocenters. The molecule has 1 amide bonds. The Kier molecular flexibility index (Phi) is 4.10. The van der Waals surface area contributed by atoms with Crippen molar-refractivity contribution in [3.63, 3.8) is 0 Å². The average Bonchev–Trinajstić information content (AvgIpc) is 2.78. The maximum atomic E-state index is 12.7. The number of hydrogen-bond acceptors (Lipinski definition) is 5. The van der Waals surface area contributed by atoms with E-state index in [9.17, 15) is 9.18 Å². The summed E-state index contributed by atoms with van der Waals surface area (Å²) in [4.78, 5) is 11.9. The first-order valence-electron chi connectivity index (χ1n) is 5.51. The molecule has 8 heteroatoms. The van der Waals surface area contributed by atoms with Gasteiger partial charge in [0, 0.05) is 12.7 Å². The van der Waals surface area contributed by atoms with Crippen molar-refractivity contribution >= 4 is 23.4 Å². The van der Waals surface area contributed by atoms with E-state index in [2.05, 4.69) is 20.8 Å². The van der Waals surface area contributed by atoms with Crippen molar-refractivity contribution < 1.29 is 9.18 Å². The lowest BCUT2D eigenvalue weighted by atomic mass is 10.3. The lowest BCUT2D eigenvalue weighted by Crippen LogP contribution is -2.22. The summed E-state index contributed by atoms with van der Waals surface area (Å²) in [5, 5.41) is 13.9. The van der Waals surface area contributed by atoms with Gasteiger partial charge in [0.05, 0.1) is 5.25 Å². The molecule has 0 aliphatic carbocycles. The standard InChI is InChI=1S/C11H12FN5OS/c1-7(19-11-14-15-16-17(11)2)10(18)13-9-5-3-8(12)4-6-9/h3-7H,1-2H3,(H,13,18). The fourth-order valence-corrected chi connectivity index (χ4v) is 2.06. The van der Waals surface area contributed by atoms with Gasteiger partial charge in [-0.15, -0.1) is 5.10 Å². The van der Waals surface area contributed by atoms with E-state index >= 15 is 0 Å². The minimum Gasteiger partial charge on any atom is -0.325 e. The molecule has 0 saturated heterocycles. The van der Waals surface area contributed by atoms with E-state index in [0.717, 1.165) is 0 Å². The molecule has 1 unspecified atom stereocenters. The molecule has 0 spiro atoms. The van der Waals surface area contributed by atoms with Crippen LogP contribution in [0.25, 0.3) is 0 Å². The Labute approximate surface area is 113 Å². The maximum absolute atomic E-state index is 12.7. The van der Waals surface area contributed by atoms with Gasteiger partial charge >= 0.3 is 0 Å². The smallest absolute Gasteiger partial charge is 0.237 e. The summed E-state index contributed by atoms with van der Waals surface area (Å²) in [7, 11) is 1.70. The minimum absolute atomic E-state index is 0.195. The van der Waals surface area contributed by atoms with E-state index in [4.69, 9.17) is 0 Å². The van der Waals surface area contributed by atoms with Crippen molar-refractivity contribution in [2.24, 2.45) is 7.05 Å². The number of amides is 1. The van der Waals surface area contributed by atoms with Crippen molar-refractivity contribution in [3.8, 4) is 0 Å². The number of aromatic nitrogens is 4. The van der Waals surface area contributed by atoms with Crippen LogP contribution in [0.5, 0.6) is 0 Å². The number of rotatable bonds is 4. The first-order valence-corrected chi connectivity index (χ1v) is 6.39. The second-order valence-corrected chi connectivity index (χ2v) is 5.15. The van der Waals surface area contributed by atoms with Gasteiger partial charge in [0.2, 0.25) is 11.1 Å². The van der Waals surface area contributed by atoms with Gasteiger partial charge in [0.15, 0.2) is 0 Å². The normalized spacial score (nSPS) is 12.2. The predicted molar refractivity (Wildman–Crippen MR) is 69.1 cm³/mol. The van der Waals surface area contributed by atoms with Crippen LogP contribution in [0, 0.1) is 5.82 Å². The molecule has 0 bridgehead atoms. The quantitative estimate of drug-likeness (QED) is 0.859. The lowest BCUT2D eigenvalue weighted by molar-refractivity contribution is -0.115. The monoisotopic (exact) mass is 281 g/mol. The van der Waals surface area contributed by atoms with Gasteiger partial charge in [-0.2, -0.15) is 0 Å². The molecule has 100 valence electrons. The zero-order chi connectivity index (χ0) is 13.8. The third kappa shape index (κ3) is 3.50. The fraction of sp³-hybridized carbons (Fsp3) is 0.273. The molecule has 2 rings (SSSR count). The molecular formula is C11H12FN5OS. The molecule has 1 aromatic carbocycles. The van der Waals surface area contributed by atoms with Crippen LogP contribution in [-0.4, -0.2) is 31.4 Å². The molecule has 1 N–H and O–H groups in total. The lowest BCUT2D eigenvalue weighted by Gasteiger charge is -2.10. The number of nitrogens with one attached hydrogen (secondary N) is 1. The number of hydrogen-bond donors (Lipinski definition) is 1. The van der Waals surface area contributed by atoms with E-state index in [-0.39, 0.29) is 17.0 Å². The van der Waals surface area contributed by atoms with E-state index in [1.165, 1.54) is 40.7 Å². The molecule has 0 saturated carbocycles. The molecule has 19 heavy (non-hydrogen) atoms. The highest BCUT2D eigenvalue weighted by atomic mass is 32.2. The number of carbonyl (C=O) groups excluding carboxylic acids is 1. The number of tetrazole rings is 1. The summed E-state index contributed by atoms with van der Waals surface area (Å²) in [6.45, 7) is 1.75. The Hall–Kier alpha value is -1.96. The van der Waals surface area contributed by atoms with Gasteiger partial charge in [-0.3, -0.25) is 4.79 Å². The largest absolute Gasteiger partial charge is 0.325 e. The van der Waals surface area contributed by atoms with Gasteiger partial charge < -0.3 is 5.32 Å². The molecule has 0 aliphatic rings. The molecular weight excluding hydrogens is 269 g/mol. The highest BCUT2D eigenvalue weighted by Crippen LogP contribution is 2.20. The predicted octanol–water partition coefficient (Wildman–Crippen LogP) is 1.47. The first-order chi connectivity index (χ1) is 9.06. The number of carbonyl (C=O) groups is 1. The summed E-state index contributed by atoms with van der Waals surface area (Å²) >= 11 is 1.25. The first kappa shape index (κ1) is 13.5. The SMILES string of the molecule is CC(Sc1nnnn1C)C(=O)Nc1ccc(F)cc1. The molecule has 1 aromatic heterocycles. The van der Waals surface area contributed by atoms with Crippen LogP contribution in [0.2, 0.25) is 0 Å². The summed E-state index contributed by atoms with van der Waals surface area (Å²) in [5.74, 6) is -0.537. The third-order valence-corrected chi connectivity index (χ3v) is 3.47. The zero-order valence-corrected chi connectivity index (χ0v) is 11.2. The Morgan fingerprint density at radius 3 is 2.68 bits per heavy atom. The van der Waals surface area contributed by atoms with Crippen molar-refractivity contribution in [1.82, 2.24) is 20.2 Å². The van der Waals surface area contributed by atoms with Crippen LogP contribution in [0.3, 0.4) is 0 Å². The van der Waals surface area contributed by atoms with Crippen molar-refractivity contribution in [3.05, 3.63) is 30.1 Å². The maximum Gasteiger partial charge on any atom is 0.237 e. The van der Waals surface area contributed by atoms with Crippen LogP contribution < -0.4 is 5.32 Å². The Balaban J connectivity index is 1.96. The van der Waals surface area contributed by atoms with E-state index in [1.54, 1.807) is 14.0 Å². The van der Waals surface area contributed by atoms with Crippen molar-refractivity contribution in [2.45, 2.75) is 17.3 Å².